The van der Waals surface area contributed by atoms with Crippen LogP contribution in [-0.2, 0) is 0 Å². The van der Waals surface area contributed by atoms with Gasteiger partial charge in [0.25, 0.3) is 0 Å². The second-order valence-electron chi connectivity index (χ2n) is 8.17. The average Bonchev–Trinajstić information content (AvgIpc) is 2.35. The van der Waals surface area contributed by atoms with E-state index in [0.717, 1.165) is 17.4 Å². The molecule has 4 aliphatic rings. The Hall–Kier alpha value is -0.890. The first-order chi connectivity index (χ1) is 9.48. The maximum atomic E-state index is 13.5. The van der Waals surface area contributed by atoms with Gasteiger partial charge in [0.2, 0.25) is 0 Å². The van der Waals surface area contributed by atoms with E-state index in [1.807, 2.05) is 6.07 Å². The second kappa shape index (κ2) is 4.07. The van der Waals surface area contributed by atoms with E-state index in [4.69, 9.17) is 5.73 Å². The van der Waals surface area contributed by atoms with Crippen molar-refractivity contribution in [2.75, 3.05) is 0 Å². The number of halogens is 1. The van der Waals surface area contributed by atoms with E-state index in [-0.39, 0.29) is 17.3 Å². The molecule has 20 heavy (non-hydrogen) atoms. The third kappa shape index (κ3) is 1.84. The fourth-order valence-electron chi connectivity index (χ4n) is 6.22. The van der Waals surface area contributed by atoms with E-state index < -0.39 is 0 Å². The predicted octanol–water partition coefficient (Wildman–Crippen LogP) is 4.43. The topological polar surface area (TPSA) is 26.0 Å². The number of hydrogen-bond donors (Lipinski definition) is 1. The molecule has 1 aromatic carbocycles. The van der Waals surface area contributed by atoms with Crippen LogP contribution in [0.5, 0.6) is 0 Å². The Morgan fingerprint density at radius 2 is 1.90 bits per heavy atom. The SMILES string of the molecule is CC12CC3CC(C1)CC(C(N)c1cccc(F)c1)(C3)C2. The highest BCUT2D eigenvalue weighted by Crippen LogP contribution is 2.67. The standard InChI is InChI=1S/C18H24FN/c1-17-7-12-5-13(8-17)10-18(9-12,11-17)16(20)14-3-2-4-15(19)6-14/h2-4,6,12-13,16H,5,7-11,20H2,1H3. The molecule has 1 aromatic rings. The van der Waals surface area contributed by atoms with Crippen LogP contribution in [0.25, 0.3) is 0 Å². The van der Waals surface area contributed by atoms with Gasteiger partial charge in [-0.1, -0.05) is 19.1 Å². The molecule has 0 heterocycles. The van der Waals surface area contributed by atoms with Crippen LogP contribution in [0.15, 0.2) is 24.3 Å². The minimum Gasteiger partial charge on any atom is -0.323 e. The summed E-state index contributed by atoms with van der Waals surface area (Å²) in [4.78, 5) is 0. The molecule has 0 aliphatic heterocycles. The summed E-state index contributed by atoms with van der Waals surface area (Å²) in [5.74, 6) is 1.57. The third-order valence-electron chi connectivity index (χ3n) is 6.27. The highest BCUT2D eigenvalue weighted by Gasteiger charge is 2.57. The smallest absolute Gasteiger partial charge is 0.123 e. The van der Waals surface area contributed by atoms with Crippen molar-refractivity contribution in [1.82, 2.24) is 0 Å². The van der Waals surface area contributed by atoms with Crippen LogP contribution in [0.1, 0.15) is 57.1 Å². The van der Waals surface area contributed by atoms with Gasteiger partial charge in [-0.2, -0.15) is 0 Å². The summed E-state index contributed by atoms with van der Waals surface area (Å²) in [5.41, 5.74) is 8.37. The Kier molecular flexibility index (Phi) is 2.61. The molecule has 4 aliphatic carbocycles. The Morgan fingerprint density at radius 1 is 1.20 bits per heavy atom. The lowest BCUT2D eigenvalue weighted by atomic mass is 9.43. The fourth-order valence-corrected chi connectivity index (χ4v) is 6.22. The Bertz CT molecular complexity index is 524. The van der Waals surface area contributed by atoms with Gasteiger partial charge >= 0.3 is 0 Å². The van der Waals surface area contributed by atoms with E-state index in [0.29, 0.717) is 5.41 Å². The van der Waals surface area contributed by atoms with Gasteiger partial charge in [0, 0.05) is 6.04 Å². The van der Waals surface area contributed by atoms with Crippen molar-refractivity contribution in [3.63, 3.8) is 0 Å². The summed E-state index contributed by atoms with van der Waals surface area (Å²) >= 11 is 0. The van der Waals surface area contributed by atoms with E-state index in [1.54, 1.807) is 12.1 Å². The van der Waals surface area contributed by atoms with Gasteiger partial charge in [-0.3, -0.25) is 0 Å². The highest BCUT2D eigenvalue weighted by molar-refractivity contribution is 5.24. The Morgan fingerprint density at radius 3 is 2.50 bits per heavy atom. The zero-order valence-electron chi connectivity index (χ0n) is 12.2. The van der Waals surface area contributed by atoms with Gasteiger partial charge in [-0.15, -0.1) is 0 Å². The molecule has 3 atom stereocenters. The van der Waals surface area contributed by atoms with Crippen molar-refractivity contribution in [3.8, 4) is 0 Å². The molecule has 4 bridgehead atoms. The molecule has 0 radical (unpaired) electrons. The molecule has 0 spiro atoms. The molecule has 108 valence electrons. The first-order valence-electron chi connectivity index (χ1n) is 7.99. The van der Waals surface area contributed by atoms with Crippen LogP contribution < -0.4 is 5.73 Å². The van der Waals surface area contributed by atoms with E-state index in [9.17, 15) is 4.39 Å². The van der Waals surface area contributed by atoms with Crippen molar-refractivity contribution >= 4 is 0 Å². The van der Waals surface area contributed by atoms with Gasteiger partial charge < -0.3 is 5.73 Å². The highest BCUT2D eigenvalue weighted by atomic mass is 19.1. The number of benzene rings is 1. The monoisotopic (exact) mass is 273 g/mol. The zero-order chi connectivity index (χ0) is 14.0. The van der Waals surface area contributed by atoms with Crippen molar-refractivity contribution in [2.45, 2.75) is 51.5 Å². The van der Waals surface area contributed by atoms with Crippen LogP contribution in [0, 0.1) is 28.5 Å². The molecule has 5 rings (SSSR count). The maximum absolute atomic E-state index is 13.5. The Balaban J connectivity index is 1.70. The predicted molar refractivity (Wildman–Crippen MR) is 78.6 cm³/mol. The summed E-state index contributed by atoms with van der Waals surface area (Å²) in [5, 5.41) is 0. The van der Waals surface area contributed by atoms with Crippen LogP contribution in [0.3, 0.4) is 0 Å². The van der Waals surface area contributed by atoms with Gasteiger partial charge in [-0.05, 0) is 78.9 Å². The molecule has 4 saturated carbocycles. The van der Waals surface area contributed by atoms with Gasteiger partial charge in [0.1, 0.15) is 5.82 Å². The fraction of sp³-hybridized carbons (Fsp3) is 0.667. The molecular weight excluding hydrogens is 249 g/mol. The summed E-state index contributed by atoms with van der Waals surface area (Å²) in [6.45, 7) is 2.46. The quantitative estimate of drug-likeness (QED) is 0.847. The third-order valence-corrected chi connectivity index (χ3v) is 6.27. The molecule has 2 heteroatoms. The van der Waals surface area contributed by atoms with Crippen LogP contribution in [0.4, 0.5) is 4.39 Å². The van der Waals surface area contributed by atoms with E-state index in [2.05, 4.69) is 6.92 Å². The zero-order valence-corrected chi connectivity index (χ0v) is 12.2. The van der Waals surface area contributed by atoms with Crippen molar-refractivity contribution in [2.24, 2.45) is 28.4 Å². The number of rotatable bonds is 2. The van der Waals surface area contributed by atoms with Crippen molar-refractivity contribution in [3.05, 3.63) is 35.6 Å². The lowest BCUT2D eigenvalue weighted by Crippen LogP contribution is -2.54. The second-order valence-corrected chi connectivity index (χ2v) is 8.17. The number of nitrogens with two attached hydrogens (primary N) is 1. The molecule has 2 N–H and O–H groups in total. The molecule has 1 nitrogen and oxygen atoms in total. The first-order valence-corrected chi connectivity index (χ1v) is 7.99. The average molecular weight is 273 g/mol. The van der Waals surface area contributed by atoms with Gasteiger partial charge in [-0.25, -0.2) is 4.39 Å². The largest absolute Gasteiger partial charge is 0.323 e. The van der Waals surface area contributed by atoms with Crippen LogP contribution in [-0.4, -0.2) is 0 Å². The lowest BCUT2D eigenvalue weighted by Gasteiger charge is -2.63. The summed E-state index contributed by atoms with van der Waals surface area (Å²) in [7, 11) is 0. The van der Waals surface area contributed by atoms with Crippen LogP contribution >= 0.6 is 0 Å². The van der Waals surface area contributed by atoms with Gasteiger partial charge in [0.05, 0.1) is 0 Å². The molecular formula is C18H24FN. The summed E-state index contributed by atoms with van der Waals surface area (Å²) < 4.78 is 13.5. The maximum Gasteiger partial charge on any atom is 0.123 e. The van der Waals surface area contributed by atoms with E-state index >= 15 is 0 Å². The normalized spacial score (nSPS) is 43.8. The molecule has 3 unspecified atom stereocenters. The summed E-state index contributed by atoms with van der Waals surface area (Å²) in [6, 6.07) is 6.97. The minimum atomic E-state index is -0.158. The van der Waals surface area contributed by atoms with Gasteiger partial charge in [0.15, 0.2) is 0 Å². The minimum absolute atomic E-state index is 0.00317. The van der Waals surface area contributed by atoms with Crippen molar-refractivity contribution < 1.29 is 4.39 Å². The Labute approximate surface area is 120 Å². The first kappa shape index (κ1) is 12.8. The number of hydrogen-bond acceptors (Lipinski definition) is 1. The lowest BCUT2D eigenvalue weighted by molar-refractivity contribution is -0.113. The molecule has 0 aromatic heterocycles. The van der Waals surface area contributed by atoms with E-state index in [1.165, 1.54) is 44.6 Å². The molecule has 4 fully saturated rings. The van der Waals surface area contributed by atoms with Crippen LogP contribution in [0.2, 0.25) is 0 Å². The van der Waals surface area contributed by atoms with Crippen molar-refractivity contribution in [1.29, 1.82) is 0 Å². The molecule has 0 amide bonds. The summed E-state index contributed by atoms with van der Waals surface area (Å²) in [6.07, 6.45) is 7.95. The molecule has 0 saturated heterocycles.